The molecular formula is C18H45N7. The lowest BCUT2D eigenvalue weighted by Crippen LogP contribution is -2.43. The SMILES string of the molecule is CCCCCCN(CCN)CCN(CCNCCN)CCNCCN. The van der Waals surface area contributed by atoms with Crippen molar-refractivity contribution in [3.05, 3.63) is 0 Å². The summed E-state index contributed by atoms with van der Waals surface area (Å²) < 4.78 is 0. The average Bonchev–Trinajstić information content (AvgIpc) is 2.62. The van der Waals surface area contributed by atoms with Gasteiger partial charge in [-0.2, -0.15) is 0 Å². The normalized spacial score (nSPS) is 11.8. The number of nitrogens with two attached hydrogens (primary N) is 3. The predicted molar refractivity (Wildman–Crippen MR) is 110 cm³/mol. The Hall–Kier alpha value is -0.280. The van der Waals surface area contributed by atoms with E-state index < -0.39 is 0 Å². The Morgan fingerprint density at radius 1 is 0.560 bits per heavy atom. The lowest BCUT2D eigenvalue weighted by molar-refractivity contribution is 0.204. The summed E-state index contributed by atoms with van der Waals surface area (Å²) in [4.78, 5) is 5.03. The van der Waals surface area contributed by atoms with Gasteiger partial charge in [-0.15, -0.1) is 0 Å². The van der Waals surface area contributed by atoms with Gasteiger partial charge in [0, 0.05) is 78.5 Å². The van der Waals surface area contributed by atoms with Crippen molar-refractivity contribution in [2.75, 3.05) is 85.1 Å². The van der Waals surface area contributed by atoms with Crippen molar-refractivity contribution in [3.8, 4) is 0 Å². The van der Waals surface area contributed by atoms with Crippen molar-refractivity contribution < 1.29 is 0 Å². The fourth-order valence-electron chi connectivity index (χ4n) is 2.83. The molecule has 0 amide bonds. The van der Waals surface area contributed by atoms with Crippen LogP contribution in [0.15, 0.2) is 0 Å². The topological polar surface area (TPSA) is 109 Å². The Morgan fingerprint density at radius 3 is 1.60 bits per heavy atom. The third-order valence-electron chi connectivity index (χ3n) is 4.36. The van der Waals surface area contributed by atoms with Gasteiger partial charge >= 0.3 is 0 Å². The molecule has 0 aliphatic carbocycles. The highest BCUT2D eigenvalue weighted by Crippen LogP contribution is 2.01. The van der Waals surface area contributed by atoms with Gasteiger partial charge in [-0.1, -0.05) is 26.2 Å². The van der Waals surface area contributed by atoms with Crippen LogP contribution in [0.25, 0.3) is 0 Å². The molecule has 0 aromatic heterocycles. The molecule has 0 unspecified atom stereocenters. The number of hydrogen-bond acceptors (Lipinski definition) is 7. The average molecular weight is 360 g/mol. The molecule has 7 nitrogen and oxygen atoms in total. The van der Waals surface area contributed by atoms with Crippen molar-refractivity contribution >= 4 is 0 Å². The van der Waals surface area contributed by atoms with Gasteiger partial charge in [0.15, 0.2) is 0 Å². The van der Waals surface area contributed by atoms with E-state index in [0.717, 1.165) is 65.4 Å². The smallest absolute Gasteiger partial charge is 0.0110 e. The minimum absolute atomic E-state index is 0.695. The highest BCUT2D eigenvalue weighted by Gasteiger charge is 2.09. The first-order valence-corrected chi connectivity index (χ1v) is 10.2. The second-order valence-corrected chi connectivity index (χ2v) is 6.61. The molecule has 7 heteroatoms. The van der Waals surface area contributed by atoms with Crippen LogP contribution in [0.5, 0.6) is 0 Å². The first-order chi connectivity index (χ1) is 12.3. The van der Waals surface area contributed by atoms with Crippen LogP contribution in [0.2, 0.25) is 0 Å². The van der Waals surface area contributed by atoms with E-state index in [-0.39, 0.29) is 0 Å². The minimum Gasteiger partial charge on any atom is -0.329 e. The molecule has 0 saturated heterocycles. The van der Waals surface area contributed by atoms with Crippen LogP contribution >= 0.6 is 0 Å². The van der Waals surface area contributed by atoms with E-state index in [1.54, 1.807) is 0 Å². The molecule has 0 rings (SSSR count). The molecule has 8 N–H and O–H groups in total. The summed E-state index contributed by atoms with van der Waals surface area (Å²) in [5.74, 6) is 0. The van der Waals surface area contributed by atoms with Crippen LogP contribution < -0.4 is 27.8 Å². The Labute approximate surface area is 156 Å². The van der Waals surface area contributed by atoms with E-state index >= 15 is 0 Å². The van der Waals surface area contributed by atoms with Gasteiger partial charge in [-0.3, -0.25) is 4.90 Å². The van der Waals surface area contributed by atoms with Crippen LogP contribution in [0.3, 0.4) is 0 Å². The number of nitrogens with one attached hydrogen (secondary N) is 2. The van der Waals surface area contributed by atoms with Crippen LogP contribution in [-0.2, 0) is 0 Å². The van der Waals surface area contributed by atoms with E-state index in [4.69, 9.17) is 17.2 Å². The van der Waals surface area contributed by atoms with Crippen molar-refractivity contribution in [2.45, 2.75) is 32.6 Å². The Kier molecular flexibility index (Phi) is 19.8. The first-order valence-electron chi connectivity index (χ1n) is 10.2. The first kappa shape index (κ1) is 24.7. The van der Waals surface area contributed by atoms with E-state index in [9.17, 15) is 0 Å². The zero-order valence-corrected chi connectivity index (χ0v) is 16.6. The summed E-state index contributed by atoms with van der Waals surface area (Å²) >= 11 is 0. The van der Waals surface area contributed by atoms with Crippen LogP contribution in [0.4, 0.5) is 0 Å². The predicted octanol–water partition coefficient (Wildman–Crippen LogP) is -0.774. The summed E-state index contributed by atoms with van der Waals surface area (Å²) in [5.41, 5.74) is 16.9. The highest BCUT2D eigenvalue weighted by atomic mass is 15.2. The van der Waals surface area contributed by atoms with E-state index in [0.29, 0.717) is 13.1 Å². The molecule has 0 aromatic rings. The summed E-state index contributed by atoms with van der Waals surface area (Å²) in [5, 5.41) is 6.78. The molecule has 0 heterocycles. The van der Waals surface area contributed by atoms with Crippen molar-refractivity contribution in [1.29, 1.82) is 0 Å². The Balaban J connectivity index is 4.15. The molecule has 0 saturated carbocycles. The standard InChI is InChI=1S/C18H45N7/c1-2-3-4-5-13-24(14-8-21)17-18-25(15-11-22-9-6-19)16-12-23-10-7-20/h22-23H,2-21H2,1H3. The third kappa shape index (κ3) is 16.9. The molecule has 25 heavy (non-hydrogen) atoms. The monoisotopic (exact) mass is 359 g/mol. The molecule has 0 spiro atoms. The molecule has 0 aliphatic heterocycles. The van der Waals surface area contributed by atoms with Gasteiger partial charge in [0.05, 0.1) is 0 Å². The molecule has 0 fully saturated rings. The Bertz CT molecular complexity index is 242. The van der Waals surface area contributed by atoms with Crippen molar-refractivity contribution in [3.63, 3.8) is 0 Å². The zero-order valence-electron chi connectivity index (χ0n) is 16.6. The molecular weight excluding hydrogens is 314 g/mol. The van der Waals surface area contributed by atoms with E-state index in [1.807, 2.05) is 0 Å². The van der Waals surface area contributed by atoms with Crippen LogP contribution in [0, 0.1) is 0 Å². The molecule has 152 valence electrons. The number of hydrogen-bond donors (Lipinski definition) is 5. The second kappa shape index (κ2) is 20.0. The van der Waals surface area contributed by atoms with Crippen molar-refractivity contribution in [2.24, 2.45) is 17.2 Å². The fourth-order valence-corrected chi connectivity index (χ4v) is 2.83. The highest BCUT2D eigenvalue weighted by molar-refractivity contribution is 4.67. The maximum Gasteiger partial charge on any atom is 0.0110 e. The molecule has 0 bridgehead atoms. The van der Waals surface area contributed by atoms with E-state index in [1.165, 1.54) is 32.2 Å². The van der Waals surface area contributed by atoms with Crippen molar-refractivity contribution in [1.82, 2.24) is 20.4 Å². The summed E-state index contributed by atoms with van der Waals surface area (Å²) in [6, 6.07) is 0. The number of unbranched alkanes of at least 4 members (excludes halogenated alkanes) is 3. The third-order valence-corrected chi connectivity index (χ3v) is 4.36. The van der Waals surface area contributed by atoms with Crippen LogP contribution in [-0.4, -0.2) is 94.9 Å². The van der Waals surface area contributed by atoms with E-state index in [2.05, 4.69) is 27.4 Å². The van der Waals surface area contributed by atoms with Gasteiger partial charge in [0.1, 0.15) is 0 Å². The quantitative estimate of drug-likeness (QED) is 0.182. The molecule has 0 radical (unpaired) electrons. The molecule has 0 aromatic carbocycles. The van der Waals surface area contributed by atoms with Gasteiger partial charge in [0.2, 0.25) is 0 Å². The zero-order chi connectivity index (χ0) is 18.6. The fraction of sp³-hybridized carbons (Fsp3) is 1.00. The van der Waals surface area contributed by atoms with Gasteiger partial charge in [-0.25, -0.2) is 0 Å². The summed E-state index contributed by atoms with van der Waals surface area (Å²) in [6.07, 6.45) is 5.23. The number of nitrogens with zero attached hydrogens (tertiary/aromatic N) is 2. The molecule has 0 aliphatic rings. The maximum atomic E-state index is 5.79. The number of rotatable bonds is 20. The largest absolute Gasteiger partial charge is 0.329 e. The van der Waals surface area contributed by atoms with Gasteiger partial charge < -0.3 is 32.7 Å². The van der Waals surface area contributed by atoms with Crippen LogP contribution in [0.1, 0.15) is 32.6 Å². The van der Waals surface area contributed by atoms with Gasteiger partial charge in [-0.05, 0) is 13.0 Å². The second-order valence-electron chi connectivity index (χ2n) is 6.61. The molecule has 0 atom stereocenters. The lowest BCUT2D eigenvalue weighted by atomic mass is 10.2. The summed E-state index contributed by atoms with van der Waals surface area (Å²) in [6.45, 7) is 14.6. The maximum absolute atomic E-state index is 5.79. The Morgan fingerprint density at radius 2 is 1.12 bits per heavy atom. The summed E-state index contributed by atoms with van der Waals surface area (Å²) in [7, 11) is 0. The minimum atomic E-state index is 0.695. The van der Waals surface area contributed by atoms with Gasteiger partial charge in [0.25, 0.3) is 0 Å². The lowest BCUT2D eigenvalue weighted by Gasteiger charge is -2.28.